The second-order valence-electron chi connectivity index (χ2n) is 4.27. The van der Waals surface area contributed by atoms with Crippen molar-refractivity contribution in [2.75, 3.05) is 0 Å². The third-order valence-corrected chi connectivity index (χ3v) is 3.84. The van der Waals surface area contributed by atoms with E-state index in [0.717, 1.165) is 21.8 Å². The van der Waals surface area contributed by atoms with E-state index in [-0.39, 0.29) is 5.56 Å². The van der Waals surface area contributed by atoms with Crippen LogP contribution in [0.2, 0.25) is 0 Å². The zero-order valence-electron chi connectivity index (χ0n) is 10.4. The van der Waals surface area contributed by atoms with Gasteiger partial charge in [0.2, 0.25) is 0 Å². The third kappa shape index (κ3) is 2.51. The van der Waals surface area contributed by atoms with E-state index >= 15 is 0 Å². The lowest BCUT2D eigenvalue weighted by Gasteiger charge is -2.00. The number of H-pyrrole nitrogens is 1. The van der Waals surface area contributed by atoms with Crippen LogP contribution in [0.3, 0.4) is 0 Å². The topological polar surface area (TPSA) is 52.5 Å². The van der Waals surface area contributed by atoms with Crippen LogP contribution in [-0.4, -0.2) is 9.97 Å². The van der Waals surface area contributed by atoms with Gasteiger partial charge >= 0.3 is 0 Å². The lowest BCUT2D eigenvalue weighted by Crippen LogP contribution is -1.88. The number of aromatic nitrogens is 2. The predicted octanol–water partition coefficient (Wildman–Crippen LogP) is 3.87. The molecule has 5 heteroatoms. The molecule has 0 bridgehead atoms. The van der Waals surface area contributed by atoms with E-state index in [2.05, 4.69) is 9.97 Å². The molecule has 0 fully saturated rings. The Morgan fingerprint density at radius 3 is 2.90 bits per heavy atom. The molecule has 20 heavy (non-hydrogen) atoms. The second kappa shape index (κ2) is 5.35. The van der Waals surface area contributed by atoms with Crippen molar-refractivity contribution < 1.29 is 4.39 Å². The predicted molar refractivity (Wildman–Crippen MR) is 76.8 cm³/mol. The number of fused-ring (bicyclic) bond motifs is 1. The van der Waals surface area contributed by atoms with Gasteiger partial charge in [0.15, 0.2) is 5.16 Å². The van der Waals surface area contributed by atoms with E-state index in [9.17, 15) is 4.39 Å². The number of nitrogens with one attached hydrogen (secondary N) is 1. The van der Waals surface area contributed by atoms with E-state index in [0.29, 0.717) is 5.75 Å². The van der Waals surface area contributed by atoms with Crippen LogP contribution in [-0.2, 0) is 5.75 Å². The van der Waals surface area contributed by atoms with E-state index in [1.165, 1.54) is 17.8 Å². The molecule has 1 heterocycles. The van der Waals surface area contributed by atoms with Crippen LogP contribution in [0.25, 0.3) is 11.0 Å². The third-order valence-electron chi connectivity index (χ3n) is 2.89. The summed E-state index contributed by atoms with van der Waals surface area (Å²) in [5, 5.41) is 9.62. The molecule has 3 nitrogen and oxygen atoms in total. The maximum absolute atomic E-state index is 13.2. The summed E-state index contributed by atoms with van der Waals surface area (Å²) in [6.45, 7) is 0. The molecule has 0 saturated carbocycles. The van der Waals surface area contributed by atoms with Crippen LogP contribution in [0, 0.1) is 17.1 Å². The van der Waals surface area contributed by atoms with Crippen LogP contribution in [0.15, 0.2) is 47.6 Å². The maximum atomic E-state index is 13.2. The Bertz CT molecular complexity index is 771. The summed E-state index contributed by atoms with van der Waals surface area (Å²) in [5.41, 5.74) is 2.89. The lowest BCUT2D eigenvalue weighted by atomic mass is 10.1. The summed E-state index contributed by atoms with van der Waals surface area (Å²) >= 11 is 1.53. The second-order valence-corrected chi connectivity index (χ2v) is 5.24. The molecular formula is C15H10FN3S. The molecule has 1 aromatic heterocycles. The van der Waals surface area contributed by atoms with Gasteiger partial charge < -0.3 is 4.98 Å². The Hall–Kier alpha value is -2.32. The number of hydrogen-bond donors (Lipinski definition) is 1. The smallest absolute Gasteiger partial charge is 0.166 e. The SMILES string of the molecule is N#Cc1cc(CSc2nc3ccccc3[nH]2)ccc1F. The molecule has 0 spiro atoms. The first-order valence-electron chi connectivity index (χ1n) is 6.02. The molecule has 0 radical (unpaired) electrons. The molecule has 0 aliphatic heterocycles. The van der Waals surface area contributed by atoms with Crippen LogP contribution in [0.5, 0.6) is 0 Å². The largest absolute Gasteiger partial charge is 0.333 e. The Morgan fingerprint density at radius 2 is 2.10 bits per heavy atom. The Morgan fingerprint density at radius 1 is 1.25 bits per heavy atom. The van der Waals surface area contributed by atoms with Gasteiger partial charge in [-0.1, -0.05) is 30.0 Å². The highest BCUT2D eigenvalue weighted by Gasteiger charge is 2.06. The van der Waals surface area contributed by atoms with Crippen molar-refractivity contribution in [3.63, 3.8) is 0 Å². The van der Waals surface area contributed by atoms with E-state index in [1.807, 2.05) is 30.3 Å². The Balaban J connectivity index is 1.77. The first-order valence-corrected chi connectivity index (χ1v) is 7.01. The van der Waals surface area contributed by atoms with Crippen molar-refractivity contribution in [2.45, 2.75) is 10.9 Å². The highest BCUT2D eigenvalue weighted by atomic mass is 32.2. The van der Waals surface area contributed by atoms with E-state index in [4.69, 9.17) is 5.26 Å². The molecule has 3 aromatic rings. The summed E-state index contributed by atoms with van der Waals surface area (Å²) in [6.07, 6.45) is 0. The minimum Gasteiger partial charge on any atom is -0.333 e. The number of nitriles is 1. The Kier molecular flexibility index (Phi) is 3.40. The lowest BCUT2D eigenvalue weighted by molar-refractivity contribution is 0.623. The summed E-state index contributed by atoms with van der Waals surface area (Å²) in [4.78, 5) is 7.67. The average molecular weight is 283 g/mol. The van der Waals surface area contributed by atoms with E-state index in [1.54, 1.807) is 12.1 Å². The fraction of sp³-hybridized carbons (Fsp3) is 0.0667. The minimum absolute atomic E-state index is 0.0766. The highest BCUT2D eigenvalue weighted by molar-refractivity contribution is 7.98. The van der Waals surface area contributed by atoms with Gasteiger partial charge in [0, 0.05) is 5.75 Å². The Labute approximate surface area is 119 Å². The van der Waals surface area contributed by atoms with Crippen molar-refractivity contribution in [1.29, 1.82) is 5.26 Å². The van der Waals surface area contributed by atoms with Crippen molar-refractivity contribution in [3.8, 4) is 6.07 Å². The number of benzene rings is 2. The highest BCUT2D eigenvalue weighted by Crippen LogP contribution is 2.23. The molecule has 0 amide bonds. The molecule has 0 saturated heterocycles. The zero-order chi connectivity index (χ0) is 13.9. The van der Waals surface area contributed by atoms with Gasteiger partial charge in [-0.3, -0.25) is 0 Å². The number of imidazole rings is 1. The number of hydrogen-bond acceptors (Lipinski definition) is 3. The van der Waals surface area contributed by atoms with Gasteiger partial charge in [-0.2, -0.15) is 5.26 Å². The molecule has 0 unspecified atom stereocenters. The summed E-state index contributed by atoms with van der Waals surface area (Å²) in [5.74, 6) is 0.152. The standard InChI is InChI=1S/C15H10FN3S/c16-12-6-5-10(7-11(12)8-17)9-20-15-18-13-3-1-2-4-14(13)19-15/h1-7H,9H2,(H,18,19). The molecular weight excluding hydrogens is 273 g/mol. The van der Waals surface area contributed by atoms with Gasteiger partial charge in [-0.05, 0) is 29.8 Å². The molecule has 2 aromatic carbocycles. The van der Waals surface area contributed by atoms with Crippen molar-refractivity contribution in [3.05, 3.63) is 59.4 Å². The van der Waals surface area contributed by atoms with Gasteiger partial charge in [0.25, 0.3) is 0 Å². The van der Waals surface area contributed by atoms with Crippen LogP contribution in [0.4, 0.5) is 4.39 Å². The normalized spacial score (nSPS) is 10.6. The first kappa shape index (κ1) is 12.7. The molecule has 0 aliphatic carbocycles. The summed E-state index contributed by atoms with van der Waals surface area (Å²) < 4.78 is 13.2. The fourth-order valence-corrected chi connectivity index (χ4v) is 2.73. The van der Waals surface area contributed by atoms with Gasteiger partial charge in [0.05, 0.1) is 16.6 Å². The van der Waals surface area contributed by atoms with Gasteiger partial charge in [-0.25, -0.2) is 9.37 Å². The quantitative estimate of drug-likeness (QED) is 0.742. The van der Waals surface area contributed by atoms with Crippen molar-refractivity contribution in [2.24, 2.45) is 0 Å². The fourth-order valence-electron chi connectivity index (χ4n) is 1.90. The molecule has 3 rings (SSSR count). The van der Waals surface area contributed by atoms with Crippen molar-refractivity contribution >= 4 is 22.8 Å². The van der Waals surface area contributed by atoms with Crippen LogP contribution >= 0.6 is 11.8 Å². The summed E-state index contributed by atoms with van der Waals surface area (Å²) in [6, 6.07) is 14.2. The van der Waals surface area contributed by atoms with Gasteiger partial charge in [-0.15, -0.1) is 0 Å². The minimum atomic E-state index is -0.481. The zero-order valence-corrected chi connectivity index (χ0v) is 11.2. The average Bonchev–Trinajstić information content (AvgIpc) is 2.89. The number of halogens is 1. The molecule has 0 atom stereocenters. The van der Waals surface area contributed by atoms with Crippen LogP contribution in [0.1, 0.15) is 11.1 Å². The van der Waals surface area contributed by atoms with Gasteiger partial charge in [0.1, 0.15) is 11.9 Å². The maximum Gasteiger partial charge on any atom is 0.166 e. The number of rotatable bonds is 3. The number of para-hydroxylation sites is 2. The number of nitrogens with zero attached hydrogens (tertiary/aromatic N) is 2. The first-order chi connectivity index (χ1) is 9.76. The molecule has 0 aliphatic rings. The molecule has 98 valence electrons. The number of aromatic amines is 1. The number of thioether (sulfide) groups is 1. The monoisotopic (exact) mass is 283 g/mol. The van der Waals surface area contributed by atoms with E-state index < -0.39 is 5.82 Å². The van der Waals surface area contributed by atoms with Crippen LogP contribution < -0.4 is 0 Å². The molecule has 1 N–H and O–H groups in total. The summed E-state index contributed by atoms with van der Waals surface area (Å²) in [7, 11) is 0. The van der Waals surface area contributed by atoms with Crippen molar-refractivity contribution in [1.82, 2.24) is 9.97 Å².